The molecule has 0 bridgehead atoms. The Kier molecular flexibility index (Phi) is 5.31. The van der Waals surface area contributed by atoms with Crippen molar-refractivity contribution in [1.82, 2.24) is 19.7 Å². The number of nitrogens with zero attached hydrogens (tertiary/aromatic N) is 5. The number of nitriles is 1. The molecule has 142 valence electrons. The van der Waals surface area contributed by atoms with Crippen molar-refractivity contribution >= 4 is 0 Å². The summed E-state index contributed by atoms with van der Waals surface area (Å²) in [6, 6.07) is 9.87. The molecule has 2 N–H and O–H groups in total. The molecule has 0 radical (unpaired) electrons. The first kappa shape index (κ1) is 18.1. The van der Waals surface area contributed by atoms with E-state index in [4.69, 9.17) is 10.5 Å². The number of rotatable bonds is 5. The van der Waals surface area contributed by atoms with Gasteiger partial charge in [0.15, 0.2) is 5.75 Å². The Morgan fingerprint density at radius 1 is 1.18 bits per heavy atom. The molecule has 2 aromatic heterocycles. The summed E-state index contributed by atoms with van der Waals surface area (Å²) >= 11 is 0. The van der Waals surface area contributed by atoms with Gasteiger partial charge in [0.25, 0.3) is 0 Å². The molecule has 2 heterocycles. The molecule has 28 heavy (non-hydrogen) atoms. The second-order valence-corrected chi connectivity index (χ2v) is 7.13. The Hall–Kier alpha value is -3.24. The first-order chi connectivity index (χ1) is 13.7. The average Bonchev–Trinajstić information content (AvgIpc) is 3.23. The molecule has 4 rings (SSSR count). The summed E-state index contributed by atoms with van der Waals surface area (Å²) in [5.74, 6) is 1.16. The largest absolute Gasteiger partial charge is 0.489 e. The van der Waals surface area contributed by atoms with Gasteiger partial charge in [0.1, 0.15) is 18.1 Å². The van der Waals surface area contributed by atoms with Crippen molar-refractivity contribution in [3.63, 3.8) is 0 Å². The van der Waals surface area contributed by atoms with Gasteiger partial charge in [-0.1, -0.05) is 12.1 Å². The van der Waals surface area contributed by atoms with Gasteiger partial charge in [-0.05, 0) is 43.7 Å². The summed E-state index contributed by atoms with van der Waals surface area (Å²) in [5, 5.41) is 13.7. The lowest BCUT2D eigenvalue weighted by atomic mass is 9.87. The number of ether oxygens (including phenoxy) is 1. The lowest BCUT2D eigenvalue weighted by Gasteiger charge is -2.26. The predicted octanol–water partition coefficient (Wildman–Crippen LogP) is 3.10. The van der Waals surface area contributed by atoms with Crippen molar-refractivity contribution in [3.8, 4) is 28.8 Å². The van der Waals surface area contributed by atoms with E-state index in [1.807, 2.05) is 24.4 Å². The van der Waals surface area contributed by atoms with E-state index in [9.17, 15) is 5.26 Å². The zero-order valence-electron chi connectivity index (χ0n) is 15.5. The molecule has 7 heteroatoms. The third kappa shape index (κ3) is 3.87. The molecule has 1 aliphatic rings. The number of aromatic nitrogens is 4. The molecule has 0 aliphatic heterocycles. The lowest BCUT2D eigenvalue weighted by Crippen LogP contribution is -2.28. The third-order valence-corrected chi connectivity index (χ3v) is 5.17. The van der Waals surface area contributed by atoms with Crippen LogP contribution in [0.15, 0.2) is 49.2 Å². The second kappa shape index (κ2) is 8.19. The third-order valence-electron chi connectivity index (χ3n) is 5.17. The highest BCUT2D eigenvalue weighted by Crippen LogP contribution is 2.29. The van der Waals surface area contributed by atoms with Gasteiger partial charge in [-0.15, -0.1) is 0 Å². The van der Waals surface area contributed by atoms with Crippen LogP contribution in [0.4, 0.5) is 0 Å². The van der Waals surface area contributed by atoms with Gasteiger partial charge >= 0.3 is 0 Å². The van der Waals surface area contributed by atoms with Gasteiger partial charge in [-0.2, -0.15) is 10.4 Å². The minimum absolute atomic E-state index is 0.328. The van der Waals surface area contributed by atoms with Gasteiger partial charge in [0, 0.05) is 17.8 Å². The highest BCUT2D eigenvalue weighted by Gasteiger charge is 2.20. The molecule has 0 saturated heterocycles. The molecule has 0 atom stereocenters. The molecule has 1 aromatic carbocycles. The van der Waals surface area contributed by atoms with Crippen LogP contribution in [0.5, 0.6) is 5.75 Å². The van der Waals surface area contributed by atoms with Gasteiger partial charge in [-0.25, -0.2) is 14.6 Å². The van der Waals surface area contributed by atoms with Crippen molar-refractivity contribution in [2.24, 2.45) is 11.7 Å². The van der Waals surface area contributed by atoms with E-state index in [0.717, 1.165) is 36.9 Å². The number of hydrogen-bond acceptors (Lipinski definition) is 6. The molecular formula is C21H22N6O. The van der Waals surface area contributed by atoms with Crippen LogP contribution in [0.25, 0.3) is 16.9 Å². The summed E-state index contributed by atoms with van der Waals surface area (Å²) in [6.45, 7) is 0.637. The number of benzene rings is 1. The molecule has 0 unspecified atom stereocenters. The molecule has 1 saturated carbocycles. The van der Waals surface area contributed by atoms with Crippen molar-refractivity contribution in [2.75, 3.05) is 6.61 Å². The molecule has 0 spiro atoms. The predicted molar refractivity (Wildman–Crippen MR) is 105 cm³/mol. The lowest BCUT2D eigenvalue weighted by molar-refractivity contribution is 0.200. The molecule has 1 fully saturated rings. The summed E-state index contributed by atoms with van der Waals surface area (Å²) < 4.78 is 7.75. The topological polar surface area (TPSA) is 103 Å². The van der Waals surface area contributed by atoms with Crippen LogP contribution < -0.4 is 10.5 Å². The Labute approximate surface area is 163 Å². The maximum absolute atomic E-state index is 9.32. The van der Waals surface area contributed by atoms with Crippen LogP contribution in [0.1, 0.15) is 31.2 Å². The maximum Gasteiger partial charge on any atom is 0.163 e. The Morgan fingerprint density at radius 3 is 2.82 bits per heavy atom. The highest BCUT2D eigenvalue weighted by atomic mass is 16.5. The molecule has 3 aromatic rings. The quantitative estimate of drug-likeness (QED) is 0.736. The van der Waals surface area contributed by atoms with Crippen molar-refractivity contribution < 1.29 is 4.74 Å². The van der Waals surface area contributed by atoms with Crippen LogP contribution in [0.2, 0.25) is 0 Å². The SMILES string of the molecule is N#Cc1ccccc1-n1cc(-c2ncncc2OCC2CCC(N)CC2)cn1. The Balaban J connectivity index is 1.54. The summed E-state index contributed by atoms with van der Waals surface area (Å²) in [4.78, 5) is 8.51. The number of hydrogen-bond donors (Lipinski definition) is 1. The van der Waals surface area contributed by atoms with Crippen LogP contribution in [-0.2, 0) is 0 Å². The fourth-order valence-electron chi connectivity index (χ4n) is 3.55. The van der Waals surface area contributed by atoms with Crippen molar-refractivity contribution in [2.45, 2.75) is 31.7 Å². The van der Waals surface area contributed by atoms with E-state index in [-0.39, 0.29) is 0 Å². The van der Waals surface area contributed by atoms with Gasteiger partial charge < -0.3 is 10.5 Å². The van der Waals surface area contributed by atoms with E-state index < -0.39 is 0 Å². The van der Waals surface area contributed by atoms with Crippen LogP contribution in [0, 0.1) is 17.2 Å². The van der Waals surface area contributed by atoms with Crippen molar-refractivity contribution in [1.29, 1.82) is 5.26 Å². The van der Waals surface area contributed by atoms with E-state index in [2.05, 4.69) is 21.1 Å². The Bertz CT molecular complexity index is 984. The smallest absolute Gasteiger partial charge is 0.163 e. The number of para-hydroxylation sites is 1. The minimum Gasteiger partial charge on any atom is -0.489 e. The van der Waals surface area contributed by atoms with Gasteiger partial charge in [0.2, 0.25) is 0 Å². The fourth-order valence-corrected chi connectivity index (χ4v) is 3.55. The highest BCUT2D eigenvalue weighted by molar-refractivity contribution is 5.64. The number of nitrogens with two attached hydrogens (primary N) is 1. The standard InChI is InChI=1S/C21H22N6O/c22-9-16-3-1-2-4-19(16)27-12-17(10-26-27)21-20(11-24-14-25-21)28-13-15-5-7-18(23)8-6-15/h1-4,10-12,14-15,18H,5-8,13,23H2. The van der Waals surface area contributed by atoms with Gasteiger partial charge in [-0.3, -0.25) is 0 Å². The second-order valence-electron chi connectivity index (χ2n) is 7.13. The molecule has 0 amide bonds. The first-order valence-corrected chi connectivity index (χ1v) is 9.47. The summed E-state index contributed by atoms with van der Waals surface area (Å²) in [7, 11) is 0. The normalized spacial score (nSPS) is 19.1. The first-order valence-electron chi connectivity index (χ1n) is 9.47. The average molecular weight is 374 g/mol. The van der Waals surface area contributed by atoms with Crippen LogP contribution in [0.3, 0.4) is 0 Å². The van der Waals surface area contributed by atoms with Gasteiger partial charge in [0.05, 0.1) is 30.3 Å². The van der Waals surface area contributed by atoms with Crippen LogP contribution >= 0.6 is 0 Å². The zero-order valence-corrected chi connectivity index (χ0v) is 15.5. The summed E-state index contributed by atoms with van der Waals surface area (Å²) in [5.41, 5.74) is 8.79. The molecule has 7 nitrogen and oxygen atoms in total. The molecular weight excluding hydrogens is 352 g/mol. The fraction of sp³-hybridized carbons (Fsp3) is 0.333. The summed E-state index contributed by atoms with van der Waals surface area (Å²) in [6.07, 6.45) is 11.1. The van der Waals surface area contributed by atoms with Crippen LogP contribution in [-0.4, -0.2) is 32.4 Å². The van der Waals surface area contributed by atoms with E-state index >= 15 is 0 Å². The Morgan fingerprint density at radius 2 is 2.00 bits per heavy atom. The minimum atomic E-state index is 0.328. The zero-order chi connectivity index (χ0) is 19.3. The van der Waals surface area contributed by atoms with Crippen molar-refractivity contribution in [3.05, 3.63) is 54.7 Å². The monoisotopic (exact) mass is 374 g/mol. The molecule has 1 aliphatic carbocycles. The van der Waals surface area contributed by atoms with E-state index in [1.165, 1.54) is 6.33 Å². The van der Waals surface area contributed by atoms with E-state index in [0.29, 0.717) is 35.6 Å². The van der Waals surface area contributed by atoms with E-state index in [1.54, 1.807) is 23.1 Å². The maximum atomic E-state index is 9.32.